The van der Waals surface area contributed by atoms with Crippen molar-refractivity contribution in [2.75, 3.05) is 71.8 Å². The van der Waals surface area contributed by atoms with Gasteiger partial charge >= 0.3 is 5.97 Å². The molecule has 0 aromatic rings. The molecule has 7 amide bonds. The summed E-state index contributed by atoms with van der Waals surface area (Å²) in [5, 5.41) is 27.4. The van der Waals surface area contributed by atoms with Crippen LogP contribution in [0.15, 0.2) is 12.2 Å². The molecule has 0 radical (unpaired) electrons. The molecule has 1 aliphatic rings. The van der Waals surface area contributed by atoms with Crippen LogP contribution in [0.2, 0.25) is 0 Å². The van der Waals surface area contributed by atoms with Crippen LogP contribution >= 0.6 is 0 Å². The second-order valence-corrected chi connectivity index (χ2v) is 28.9. The number of nitrogens with one attached hydrogen (secondary N) is 8. The largest absolute Gasteiger partial charge is 0.481 e. The molecule has 0 saturated carbocycles. The van der Waals surface area contributed by atoms with Crippen LogP contribution < -0.4 is 41.3 Å². The Morgan fingerprint density at radius 2 is 1.06 bits per heavy atom. The van der Waals surface area contributed by atoms with Gasteiger partial charge in [-0.15, -0.1) is 0 Å². The van der Waals surface area contributed by atoms with E-state index in [0.717, 1.165) is 17.1 Å². The van der Waals surface area contributed by atoms with Gasteiger partial charge in [-0.2, -0.15) is 0 Å². The molecule has 86 heavy (non-hydrogen) atoms. The number of ether oxygens (including phenoxy) is 5. The molecule has 26 heteroatoms. The average Bonchev–Trinajstić information content (AvgIpc) is 2.67. The topological polar surface area (TPSA) is 337 Å². The Balaban J connectivity index is 3.36. The first-order chi connectivity index (χ1) is 39.7. The summed E-state index contributed by atoms with van der Waals surface area (Å²) in [6, 6.07) is -1.33. The minimum Gasteiger partial charge on any atom is -0.481 e. The lowest BCUT2D eigenvalue weighted by atomic mass is 9.84. The molecule has 3 atom stereocenters. The van der Waals surface area contributed by atoms with Crippen molar-refractivity contribution in [1.82, 2.24) is 46.2 Å². The van der Waals surface area contributed by atoms with E-state index in [2.05, 4.69) is 41.3 Å². The molecule has 0 spiro atoms. The Hall–Kier alpha value is -4.80. The number of hydrogen-bond acceptors (Lipinski definition) is 16. The molecule has 1 rings (SSSR count). The number of carbonyl (C=O) groups excluding carboxylic acids is 8. The zero-order valence-electron chi connectivity index (χ0n) is 55.0. The smallest absolute Gasteiger partial charge is 0.303 e. The van der Waals surface area contributed by atoms with Crippen molar-refractivity contribution < 1.29 is 76.2 Å². The number of aliphatic carboxylic acids is 1. The van der Waals surface area contributed by atoms with Gasteiger partial charge < -0.3 is 55.4 Å². The van der Waals surface area contributed by atoms with Crippen molar-refractivity contribution in [3.05, 3.63) is 12.2 Å². The molecule has 0 aromatic carbocycles. The van der Waals surface area contributed by atoms with E-state index in [9.17, 15) is 48.3 Å². The Morgan fingerprint density at radius 3 is 1.50 bits per heavy atom. The summed E-state index contributed by atoms with van der Waals surface area (Å²) >= 11 is 0. The van der Waals surface area contributed by atoms with Crippen LogP contribution in [0, 0.1) is 5.92 Å². The van der Waals surface area contributed by atoms with Gasteiger partial charge in [-0.05, 0) is 145 Å². The number of imide groups is 1. The minimum absolute atomic E-state index is 0.00538. The Labute approximate surface area is 513 Å². The minimum atomic E-state index is -3.74. The molecule has 0 fully saturated rings. The number of ketones is 1. The zero-order valence-corrected chi connectivity index (χ0v) is 55.9. The highest BCUT2D eigenvalue weighted by molar-refractivity contribution is 7.99. The Bertz CT molecular complexity index is 2240. The van der Waals surface area contributed by atoms with Gasteiger partial charge in [0, 0.05) is 99.3 Å². The molecule has 0 saturated heterocycles. The summed E-state index contributed by atoms with van der Waals surface area (Å²) < 4.78 is 52.0. The van der Waals surface area contributed by atoms with Gasteiger partial charge in [0.15, 0.2) is 5.78 Å². The van der Waals surface area contributed by atoms with Crippen molar-refractivity contribution in [2.24, 2.45) is 5.92 Å². The fourth-order valence-corrected chi connectivity index (χ4v) is 10.6. The van der Waals surface area contributed by atoms with Crippen LogP contribution in [0.1, 0.15) is 188 Å². The molecule has 9 N–H and O–H groups in total. The molecule has 2 unspecified atom stereocenters. The van der Waals surface area contributed by atoms with Crippen molar-refractivity contribution in [1.29, 1.82) is 0 Å². The van der Waals surface area contributed by atoms with E-state index in [0.29, 0.717) is 19.4 Å². The molecule has 0 bridgehead atoms. The molecule has 0 aliphatic carbocycles. The lowest BCUT2D eigenvalue weighted by Crippen LogP contribution is -2.66. The first-order valence-corrected chi connectivity index (χ1v) is 32.3. The predicted octanol–water partition coefficient (Wildman–Crippen LogP) is 3.59. The molecular formula is C60H111N9O16S. The number of hydrogen-bond donors (Lipinski definition) is 10. The van der Waals surface area contributed by atoms with Crippen LogP contribution in [0.5, 0.6) is 0 Å². The number of carboxylic acids is 1. The summed E-state index contributed by atoms with van der Waals surface area (Å²) in [6.45, 7) is 30.8. The van der Waals surface area contributed by atoms with Crippen molar-refractivity contribution >= 4 is 63.4 Å². The van der Waals surface area contributed by atoms with Gasteiger partial charge in [0.2, 0.25) is 29.5 Å². The van der Waals surface area contributed by atoms with Crippen molar-refractivity contribution in [3.8, 4) is 0 Å². The number of thiol groups is 1. The van der Waals surface area contributed by atoms with Crippen LogP contribution in [-0.4, -0.2) is 191 Å². The van der Waals surface area contributed by atoms with E-state index < -0.39 is 79.5 Å². The van der Waals surface area contributed by atoms with Gasteiger partial charge in [-0.1, -0.05) is 20.8 Å². The maximum Gasteiger partial charge on any atom is 0.303 e. The number of amides is 7. The third-order valence-electron chi connectivity index (χ3n) is 14.0. The average molecular weight is 1250 g/mol. The normalized spacial score (nSPS) is 15.1. The zero-order chi connectivity index (χ0) is 65.7. The van der Waals surface area contributed by atoms with Crippen LogP contribution in [0.25, 0.3) is 0 Å². The van der Waals surface area contributed by atoms with Gasteiger partial charge in [-0.25, -0.2) is 9.44 Å². The molecule has 498 valence electrons. The van der Waals surface area contributed by atoms with Crippen molar-refractivity contribution in [3.63, 3.8) is 0 Å². The van der Waals surface area contributed by atoms with E-state index >= 15 is 4.21 Å². The highest BCUT2D eigenvalue weighted by Crippen LogP contribution is 2.23. The highest BCUT2D eigenvalue weighted by Gasteiger charge is 2.40. The maximum absolute atomic E-state index is 15.2. The fourth-order valence-electron chi connectivity index (χ4n) is 8.89. The number of nitrogens with zero attached hydrogens (tertiary/aromatic N) is 1. The van der Waals surface area contributed by atoms with E-state index in [1.165, 1.54) is 0 Å². The standard InChI is InChI=1S/C60H111N9O16S/c1-18-59(17,54(79)45(36-44(7)37-53(77)78)65-46(70)22-27-58(15,16)85-35-29-57(13,14)66-49(73)23-30-69-51(75)20-21-52(69)76)61-41-62-86(80,19-2)68-60(38-81-31-24-47(71)63-42(3)4,39-82-32-25-48(72)64-43(5)6)40-83-33-26-50(74)67-56(11,12)28-34-84-55(8,9)10/h20-21,42-45,61,86H,18-19,22-41H2,1-17H3,(H,63,71)(H,64,72)(H,65,70)(H,66,73)(H,67,74)(H,77,78)(H2,62,68,80)/t44?,45-,59?/m0/s1. The fraction of sp³-hybridized carbons (Fsp3) is 0.817. The van der Waals surface area contributed by atoms with E-state index in [1.807, 2.05) is 90.0 Å². The quantitative estimate of drug-likeness (QED) is 0.0180. The van der Waals surface area contributed by atoms with Gasteiger partial charge in [0.05, 0.1) is 74.6 Å². The predicted molar refractivity (Wildman–Crippen MR) is 331 cm³/mol. The molecule has 0 aromatic heterocycles. The third-order valence-corrected chi connectivity index (χ3v) is 16.4. The number of Topliss-reactive ketones (excluding diaryl/α,β-unsaturated/α-hetero) is 1. The third kappa shape index (κ3) is 34.1. The summed E-state index contributed by atoms with van der Waals surface area (Å²) in [7, 11) is -3.74. The van der Waals surface area contributed by atoms with Crippen LogP contribution in [0.3, 0.4) is 0 Å². The van der Waals surface area contributed by atoms with Gasteiger partial charge in [0.1, 0.15) is 0 Å². The van der Waals surface area contributed by atoms with E-state index in [-0.39, 0.29) is 164 Å². The second-order valence-electron chi connectivity index (χ2n) is 26.3. The summed E-state index contributed by atoms with van der Waals surface area (Å²) in [4.78, 5) is 116. The van der Waals surface area contributed by atoms with Crippen LogP contribution in [0.4, 0.5) is 0 Å². The SMILES string of the molecule is CCC(C)(NCN[SH](=O)(CC)NC(COCCC(=O)NC(C)C)(COCCC(=O)NC(C)C)COCCC(=O)NC(C)(C)CCOC(C)(C)C)C(=O)[C@H](CC(C)CC(=O)O)NC(=O)CCC(C)(C)OCCC(C)(C)NC(=O)CCN1C(=O)C=CC1=O. The first-order valence-electron chi connectivity index (χ1n) is 30.4. The molecule has 25 nitrogen and oxygen atoms in total. The second kappa shape index (κ2) is 37.3. The van der Waals surface area contributed by atoms with Gasteiger partial charge in [0.25, 0.3) is 11.8 Å². The summed E-state index contributed by atoms with van der Waals surface area (Å²) in [6.07, 6.45) is 3.36. The maximum atomic E-state index is 15.2. The number of rotatable bonds is 47. The van der Waals surface area contributed by atoms with E-state index in [1.54, 1.807) is 27.7 Å². The summed E-state index contributed by atoms with van der Waals surface area (Å²) in [5.41, 5.74) is -5.22. The first kappa shape index (κ1) is 79.2. The monoisotopic (exact) mass is 1250 g/mol. The lowest BCUT2D eigenvalue weighted by Gasteiger charge is -2.41. The highest BCUT2D eigenvalue weighted by atomic mass is 32.3. The summed E-state index contributed by atoms with van der Waals surface area (Å²) in [5.74, 6) is -4.49. The number of carboxylic acid groups (broad SMARTS) is 1. The molecule has 1 heterocycles. The van der Waals surface area contributed by atoms with E-state index in [4.69, 9.17) is 23.7 Å². The molecular weight excluding hydrogens is 1130 g/mol. The van der Waals surface area contributed by atoms with Gasteiger partial charge in [-0.3, -0.25) is 57.6 Å². The lowest BCUT2D eigenvalue weighted by molar-refractivity contribution is -0.139. The Kier molecular flexibility index (Phi) is 34.3. The number of carbonyl (C=O) groups is 9. The Morgan fingerprint density at radius 1 is 0.605 bits per heavy atom. The van der Waals surface area contributed by atoms with Crippen molar-refractivity contribution in [2.45, 2.75) is 240 Å². The molecule has 1 aliphatic heterocycles. The van der Waals surface area contributed by atoms with Crippen LogP contribution in [-0.2, 0) is 77.1 Å².